The molecule has 0 heterocycles. The first-order valence-corrected chi connectivity index (χ1v) is 7.95. The molecule has 0 atom stereocenters. The lowest BCUT2D eigenvalue weighted by Gasteiger charge is -2.17. The zero-order chi connectivity index (χ0) is 14.9. The standard InChI is InChI=1S/C17H27NO3/c1-3-20-17-12-14(13-18-10-11-19-2)8-9-16(17)21-15-6-4-5-7-15/h8-9,12,15,18H,3-7,10-11,13H2,1-2H3. The Morgan fingerprint density at radius 1 is 1.19 bits per heavy atom. The number of hydrogen-bond acceptors (Lipinski definition) is 4. The van der Waals surface area contributed by atoms with Gasteiger partial charge in [-0.3, -0.25) is 0 Å². The van der Waals surface area contributed by atoms with Crippen LogP contribution in [0, 0.1) is 0 Å². The zero-order valence-electron chi connectivity index (χ0n) is 13.2. The van der Waals surface area contributed by atoms with E-state index in [4.69, 9.17) is 14.2 Å². The van der Waals surface area contributed by atoms with Gasteiger partial charge in [0.05, 0.1) is 19.3 Å². The second kappa shape index (κ2) is 8.90. The first-order chi connectivity index (χ1) is 10.3. The van der Waals surface area contributed by atoms with Gasteiger partial charge >= 0.3 is 0 Å². The van der Waals surface area contributed by atoms with Crippen molar-refractivity contribution in [3.8, 4) is 11.5 Å². The second-order valence-electron chi connectivity index (χ2n) is 5.41. The van der Waals surface area contributed by atoms with Gasteiger partial charge in [-0.1, -0.05) is 6.07 Å². The van der Waals surface area contributed by atoms with E-state index >= 15 is 0 Å². The van der Waals surface area contributed by atoms with Crippen molar-refractivity contribution >= 4 is 0 Å². The molecule has 0 bridgehead atoms. The van der Waals surface area contributed by atoms with E-state index in [1.54, 1.807) is 7.11 Å². The normalized spacial score (nSPS) is 15.3. The fourth-order valence-corrected chi connectivity index (χ4v) is 2.62. The lowest BCUT2D eigenvalue weighted by molar-refractivity contribution is 0.196. The first kappa shape index (κ1) is 16.1. The Balaban J connectivity index is 1.96. The summed E-state index contributed by atoms with van der Waals surface area (Å²) in [5.41, 5.74) is 1.20. The molecule has 0 unspecified atom stereocenters. The Labute approximate surface area is 127 Å². The van der Waals surface area contributed by atoms with Crippen LogP contribution in [0.2, 0.25) is 0 Å². The van der Waals surface area contributed by atoms with Crippen LogP contribution in [-0.2, 0) is 11.3 Å². The molecule has 0 saturated heterocycles. The molecule has 1 aliphatic rings. The molecular formula is C17H27NO3. The van der Waals surface area contributed by atoms with E-state index in [-0.39, 0.29) is 0 Å². The minimum Gasteiger partial charge on any atom is -0.490 e. The maximum Gasteiger partial charge on any atom is 0.161 e. The predicted octanol–water partition coefficient (Wildman–Crippen LogP) is 3.14. The second-order valence-corrected chi connectivity index (χ2v) is 5.41. The summed E-state index contributed by atoms with van der Waals surface area (Å²) in [6.07, 6.45) is 5.22. The molecule has 118 valence electrons. The molecule has 4 heteroatoms. The van der Waals surface area contributed by atoms with E-state index in [0.29, 0.717) is 12.7 Å². The van der Waals surface area contributed by atoms with Gasteiger partial charge in [-0.2, -0.15) is 0 Å². The Hall–Kier alpha value is -1.26. The molecule has 0 radical (unpaired) electrons. The van der Waals surface area contributed by atoms with E-state index in [9.17, 15) is 0 Å². The average Bonchev–Trinajstić information content (AvgIpc) is 2.99. The van der Waals surface area contributed by atoms with Gasteiger partial charge in [0.15, 0.2) is 11.5 Å². The van der Waals surface area contributed by atoms with Gasteiger partial charge in [-0.15, -0.1) is 0 Å². The maximum absolute atomic E-state index is 6.09. The van der Waals surface area contributed by atoms with Crippen LogP contribution in [-0.4, -0.2) is 33.0 Å². The molecule has 0 spiro atoms. The van der Waals surface area contributed by atoms with Crippen molar-refractivity contribution < 1.29 is 14.2 Å². The van der Waals surface area contributed by atoms with Crippen molar-refractivity contribution in [2.75, 3.05) is 26.9 Å². The summed E-state index contributed by atoms with van der Waals surface area (Å²) < 4.78 is 16.9. The van der Waals surface area contributed by atoms with Crippen molar-refractivity contribution in [1.29, 1.82) is 0 Å². The van der Waals surface area contributed by atoms with Gasteiger partial charge in [0, 0.05) is 20.2 Å². The highest BCUT2D eigenvalue weighted by Crippen LogP contribution is 2.32. The molecule has 0 aliphatic heterocycles. The van der Waals surface area contributed by atoms with Crippen LogP contribution in [0.4, 0.5) is 0 Å². The van der Waals surface area contributed by atoms with E-state index in [1.165, 1.54) is 18.4 Å². The average molecular weight is 293 g/mol. The summed E-state index contributed by atoms with van der Waals surface area (Å²) in [6.45, 7) is 5.04. The van der Waals surface area contributed by atoms with Crippen LogP contribution in [0.25, 0.3) is 0 Å². The van der Waals surface area contributed by atoms with E-state index in [2.05, 4.69) is 17.4 Å². The van der Waals surface area contributed by atoms with Crippen LogP contribution < -0.4 is 14.8 Å². The molecule has 1 N–H and O–H groups in total. The molecular weight excluding hydrogens is 266 g/mol. The SMILES string of the molecule is CCOc1cc(CNCCOC)ccc1OC1CCCC1. The predicted molar refractivity (Wildman–Crippen MR) is 84.1 cm³/mol. The summed E-state index contributed by atoms with van der Waals surface area (Å²) >= 11 is 0. The van der Waals surface area contributed by atoms with E-state index in [0.717, 1.165) is 44.0 Å². The number of benzene rings is 1. The van der Waals surface area contributed by atoms with Crippen molar-refractivity contribution in [3.05, 3.63) is 23.8 Å². The van der Waals surface area contributed by atoms with Crippen LogP contribution in [0.15, 0.2) is 18.2 Å². The molecule has 4 nitrogen and oxygen atoms in total. The van der Waals surface area contributed by atoms with E-state index < -0.39 is 0 Å². The zero-order valence-corrected chi connectivity index (χ0v) is 13.2. The van der Waals surface area contributed by atoms with Crippen LogP contribution >= 0.6 is 0 Å². The Bertz CT molecular complexity index is 416. The van der Waals surface area contributed by atoms with Crippen LogP contribution in [0.1, 0.15) is 38.2 Å². The Kier molecular flexibility index (Phi) is 6.83. The van der Waals surface area contributed by atoms with Gasteiger partial charge in [0.1, 0.15) is 0 Å². The molecule has 0 aromatic heterocycles. The Morgan fingerprint density at radius 3 is 2.71 bits per heavy atom. The summed E-state index contributed by atoms with van der Waals surface area (Å²) in [5, 5.41) is 3.34. The maximum atomic E-state index is 6.09. The number of rotatable bonds is 9. The smallest absolute Gasteiger partial charge is 0.161 e. The number of methoxy groups -OCH3 is 1. The molecule has 1 fully saturated rings. The largest absolute Gasteiger partial charge is 0.490 e. The molecule has 1 aromatic carbocycles. The van der Waals surface area contributed by atoms with Crippen LogP contribution in [0.5, 0.6) is 11.5 Å². The summed E-state index contributed by atoms with van der Waals surface area (Å²) in [6, 6.07) is 6.22. The van der Waals surface area contributed by atoms with E-state index in [1.807, 2.05) is 13.0 Å². The molecule has 1 aliphatic carbocycles. The van der Waals surface area contributed by atoms with Gasteiger partial charge in [-0.25, -0.2) is 0 Å². The third-order valence-electron chi connectivity index (χ3n) is 3.72. The van der Waals surface area contributed by atoms with Crippen molar-refractivity contribution in [2.24, 2.45) is 0 Å². The highest BCUT2D eigenvalue weighted by atomic mass is 16.5. The van der Waals surface area contributed by atoms with Gasteiger partial charge in [0.2, 0.25) is 0 Å². The summed E-state index contributed by atoms with van der Waals surface area (Å²) in [5.74, 6) is 1.74. The monoisotopic (exact) mass is 293 g/mol. The molecule has 1 aromatic rings. The fraction of sp³-hybridized carbons (Fsp3) is 0.647. The number of nitrogens with one attached hydrogen (secondary N) is 1. The third-order valence-corrected chi connectivity index (χ3v) is 3.72. The molecule has 1 saturated carbocycles. The van der Waals surface area contributed by atoms with Crippen molar-refractivity contribution in [2.45, 2.75) is 45.3 Å². The number of ether oxygens (including phenoxy) is 3. The summed E-state index contributed by atoms with van der Waals surface area (Å²) in [4.78, 5) is 0. The fourth-order valence-electron chi connectivity index (χ4n) is 2.62. The minimum absolute atomic E-state index is 0.356. The number of hydrogen-bond donors (Lipinski definition) is 1. The minimum atomic E-state index is 0.356. The third kappa shape index (κ3) is 5.21. The molecule has 0 amide bonds. The first-order valence-electron chi connectivity index (χ1n) is 7.95. The molecule has 21 heavy (non-hydrogen) atoms. The van der Waals surface area contributed by atoms with Gasteiger partial charge in [-0.05, 0) is 50.3 Å². The lowest BCUT2D eigenvalue weighted by atomic mass is 10.2. The molecule has 2 rings (SSSR count). The van der Waals surface area contributed by atoms with Gasteiger partial charge < -0.3 is 19.5 Å². The highest BCUT2D eigenvalue weighted by molar-refractivity contribution is 5.43. The van der Waals surface area contributed by atoms with Gasteiger partial charge in [0.25, 0.3) is 0 Å². The van der Waals surface area contributed by atoms with Crippen molar-refractivity contribution in [3.63, 3.8) is 0 Å². The Morgan fingerprint density at radius 2 is 2.00 bits per heavy atom. The summed E-state index contributed by atoms with van der Waals surface area (Å²) in [7, 11) is 1.71. The quantitative estimate of drug-likeness (QED) is 0.710. The topological polar surface area (TPSA) is 39.7 Å². The van der Waals surface area contributed by atoms with Crippen molar-refractivity contribution in [1.82, 2.24) is 5.32 Å². The lowest BCUT2D eigenvalue weighted by Crippen LogP contribution is -2.18. The highest BCUT2D eigenvalue weighted by Gasteiger charge is 2.18. The van der Waals surface area contributed by atoms with Crippen LogP contribution in [0.3, 0.4) is 0 Å².